The molecule has 5 nitrogen and oxygen atoms in total. The van der Waals surface area contributed by atoms with Crippen molar-refractivity contribution in [3.8, 4) is 0 Å². The maximum absolute atomic E-state index is 5.58. The van der Waals surface area contributed by atoms with Gasteiger partial charge in [0.25, 0.3) is 0 Å². The number of nitrogens with one attached hydrogen (secondary N) is 2. The first-order chi connectivity index (χ1) is 9.86. The summed E-state index contributed by atoms with van der Waals surface area (Å²) in [5.74, 6) is 6.20. The first-order valence-electron chi connectivity index (χ1n) is 7.02. The molecule has 20 heavy (non-hydrogen) atoms. The van der Waals surface area contributed by atoms with E-state index in [2.05, 4.69) is 20.7 Å². The molecule has 104 valence electrons. The minimum absolute atomic E-state index is 0.377. The van der Waals surface area contributed by atoms with E-state index < -0.39 is 0 Å². The Hall–Kier alpha value is -2.14. The monoisotopic (exact) mass is 269 g/mol. The summed E-state index contributed by atoms with van der Waals surface area (Å²) in [6.07, 6.45) is 6.59. The molecule has 0 spiro atoms. The number of hydrogen-bond acceptors (Lipinski definition) is 3. The molecule has 5 heteroatoms. The average molecular weight is 269 g/mol. The van der Waals surface area contributed by atoms with Gasteiger partial charge in [-0.05, 0) is 37.1 Å². The first kappa shape index (κ1) is 12.9. The summed E-state index contributed by atoms with van der Waals surface area (Å²) in [5.41, 5.74) is 4.58. The highest BCUT2D eigenvalue weighted by Gasteiger charge is 2.14. The zero-order valence-corrected chi connectivity index (χ0v) is 11.3. The smallest absolute Gasteiger partial charge is 0.210 e. The number of hydrazine groups is 1. The molecule has 0 amide bonds. The molecule has 0 unspecified atom stereocenters. The van der Waals surface area contributed by atoms with Crippen molar-refractivity contribution in [1.29, 1.82) is 0 Å². The molecule has 1 aliphatic carbocycles. The van der Waals surface area contributed by atoms with Crippen LogP contribution < -0.4 is 16.6 Å². The number of rotatable bonds is 2. The van der Waals surface area contributed by atoms with E-state index in [0.29, 0.717) is 12.0 Å². The van der Waals surface area contributed by atoms with Gasteiger partial charge < -0.3 is 5.32 Å². The van der Waals surface area contributed by atoms with Crippen molar-refractivity contribution in [3.63, 3.8) is 0 Å². The number of nitrogens with two attached hydrogens (primary N) is 1. The van der Waals surface area contributed by atoms with Crippen molar-refractivity contribution in [3.05, 3.63) is 36.5 Å². The van der Waals surface area contributed by atoms with Gasteiger partial charge in [-0.3, -0.25) is 10.4 Å². The summed E-state index contributed by atoms with van der Waals surface area (Å²) in [4.78, 5) is 8.99. The largest absolute Gasteiger partial charge is 0.325 e. The van der Waals surface area contributed by atoms with Gasteiger partial charge in [0.05, 0.1) is 17.2 Å². The number of aromatic nitrogens is 1. The Morgan fingerprint density at radius 2 is 2.05 bits per heavy atom. The molecule has 1 aromatic carbocycles. The Morgan fingerprint density at radius 1 is 1.20 bits per heavy atom. The number of pyridine rings is 1. The van der Waals surface area contributed by atoms with E-state index in [-0.39, 0.29) is 0 Å². The third kappa shape index (κ3) is 2.72. The van der Waals surface area contributed by atoms with Gasteiger partial charge in [-0.15, -0.1) is 0 Å². The van der Waals surface area contributed by atoms with E-state index in [9.17, 15) is 0 Å². The van der Waals surface area contributed by atoms with E-state index in [1.165, 1.54) is 12.8 Å². The average Bonchev–Trinajstić information content (AvgIpc) is 3.00. The predicted molar refractivity (Wildman–Crippen MR) is 82.4 cm³/mol. The second kappa shape index (κ2) is 5.88. The lowest BCUT2D eigenvalue weighted by Crippen LogP contribution is -2.37. The minimum atomic E-state index is 0.377. The summed E-state index contributed by atoms with van der Waals surface area (Å²) in [7, 11) is 0. The molecule has 0 bridgehead atoms. The van der Waals surface area contributed by atoms with Gasteiger partial charge in [-0.25, -0.2) is 10.8 Å². The van der Waals surface area contributed by atoms with Crippen LogP contribution in [0.5, 0.6) is 0 Å². The number of benzene rings is 1. The molecule has 3 rings (SSSR count). The predicted octanol–water partition coefficient (Wildman–Crippen LogP) is 2.41. The number of anilines is 1. The minimum Gasteiger partial charge on any atom is -0.325 e. The van der Waals surface area contributed by atoms with Gasteiger partial charge in [0.1, 0.15) is 0 Å². The summed E-state index contributed by atoms with van der Waals surface area (Å²) in [5, 5.41) is 4.33. The zero-order valence-electron chi connectivity index (χ0n) is 11.3. The van der Waals surface area contributed by atoms with Crippen LogP contribution in [0.1, 0.15) is 25.7 Å². The molecule has 0 saturated heterocycles. The standard InChI is InChI=1S/C15H19N5/c16-20-15(18-11-5-1-2-6-11)19-14-9-3-8-13-12(14)7-4-10-17-13/h3-4,7-11H,1-2,5-6,16H2,(H2,18,19,20). The second-order valence-corrected chi connectivity index (χ2v) is 5.06. The number of hydrogen-bond donors (Lipinski definition) is 3. The Morgan fingerprint density at radius 3 is 2.85 bits per heavy atom. The molecular formula is C15H19N5. The van der Waals surface area contributed by atoms with Crippen LogP contribution >= 0.6 is 0 Å². The van der Waals surface area contributed by atoms with Gasteiger partial charge >= 0.3 is 0 Å². The molecule has 1 aliphatic rings. The van der Waals surface area contributed by atoms with Crippen LogP contribution in [0.3, 0.4) is 0 Å². The third-order valence-electron chi connectivity index (χ3n) is 3.67. The van der Waals surface area contributed by atoms with Crippen LogP contribution in [0.4, 0.5) is 5.69 Å². The van der Waals surface area contributed by atoms with Crippen molar-refractivity contribution < 1.29 is 0 Å². The number of aliphatic imine (C=N–C) groups is 1. The molecule has 4 N–H and O–H groups in total. The van der Waals surface area contributed by atoms with Gasteiger partial charge in [0, 0.05) is 11.6 Å². The van der Waals surface area contributed by atoms with Crippen molar-refractivity contribution in [1.82, 2.24) is 10.4 Å². The quantitative estimate of drug-likeness (QED) is 0.339. The topological polar surface area (TPSA) is 75.3 Å². The molecule has 0 radical (unpaired) electrons. The fourth-order valence-electron chi connectivity index (χ4n) is 2.66. The van der Waals surface area contributed by atoms with Crippen LogP contribution in [0, 0.1) is 0 Å². The van der Waals surface area contributed by atoms with Crippen LogP contribution in [-0.4, -0.2) is 17.0 Å². The van der Waals surface area contributed by atoms with E-state index in [1.807, 2.05) is 30.3 Å². The van der Waals surface area contributed by atoms with Gasteiger partial charge in [-0.1, -0.05) is 18.9 Å². The number of fused-ring (bicyclic) bond motifs is 1. The highest BCUT2D eigenvalue weighted by molar-refractivity contribution is 6.02. The summed E-state index contributed by atoms with van der Waals surface area (Å²) in [6, 6.07) is 10.3. The molecular weight excluding hydrogens is 250 g/mol. The van der Waals surface area contributed by atoms with Crippen LogP contribution in [0.15, 0.2) is 41.5 Å². The molecule has 2 aromatic rings. The molecule has 0 aliphatic heterocycles. The van der Waals surface area contributed by atoms with Gasteiger partial charge in [-0.2, -0.15) is 0 Å². The van der Waals surface area contributed by atoms with Crippen molar-refractivity contribution >= 4 is 22.5 Å². The lowest BCUT2D eigenvalue weighted by molar-refractivity contribution is 0.700. The van der Waals surface area contributed by atoms with Crippen molar-refractivity contribution in [2.24, 2.45) is 10.8 Å². The summed E-state index contributed by atoms with van der Waals surface area (Å²) in [6.45, 7) is 0. The van der Waals surface area contributed by atoms with Crippen LogP contribution in [0.25, 0.3) is 10.9 Å². The number of nitrogens with zero attached hydrogens (tertiary/aromatic N) is 2. The SMILES string of the molecule is NNC(=NC1CCCC1)Nc1cccc2ncccc12. The zero-order chi connectivity index (χ0) is 13.8. The maximum atomic E-state index is 5.58. The Labute approximate surface area is 118 Å². The molecule has 0 atom stereocenters. The Balaban J connectivity index is 1.87. The fourth-order valence-corrected chi connectivity index (χ4v) is 2.66. The van der Waals surface area contributed by atoms with E-state index >= 15 is 0 Å². The highest BCUT2D eigenvalue weighted by atomic mass is 15.3. The molecule has 1 fully saturated rings. The van der Waals surface area contributed by atoms with Gasteiger partial charge in [0.2, 0.25) is 5.96 Å². The van der Waals surface area contributed by atoms with Crippen molar-refractivity contribution in [2.45, 2.75) is 31.7 Å². The first-order valence-corrected chi connectivity index (χ1v) is 7.02. The molecule has 1 saturated carbocycles. The Kier molecular flexibility index (Phi) is 3.78. The van der Waals surface area contributed by atoms with Gasteiger partial charge in [0.15, 0.2) is 0 Å². The van der Waals surface area contributed by atoms with Crippen LogP contribution in [-0.2, 0) is 0 Å². The summed E-state index contributed by atoms with van der Waals surface area (Å²) >= 11 is 0. The highest BCUT2D eigenvalue weighted by Crippen LogP contribution is 2.23. The van der Waals surface area contributed by atoms with Crippen molar-refractivity contribution in [2.75, 3.05) is 5.32 Å². The Bertz CT molecular complexity index is 611. The van der Waals surface area contributed by atoms with Crippen LogP contribution in [0.2, 0.25) is 0 Å². The summed E-state index contributed by atoms with van der Waals surface area (Å²) < 4.78 is 0. The lowest BCUT2D eigenvalue weighted by Gasteiger charge is -2.13. The van der Waals surface area contributed by atoms with E-state index in [1.54, 1.807) is 6.20 Å². The fraction of sp³-hybridized carbons (Fsp3) is 0.333. The second-order valence-electron chi connectivity index (χ2n) is 5.06. The molecule has 1 heterocycles. The van der Waals surface area contributed by atoms with E-state index in [4.69, 9.17) is 5.84 Å². The maximum Gasteiger partial charge on any atom is 0.210 e. The number of guanidine groups is 1. The molecule has 1 aromatic heterocycles. The normalized spacial score (nSPS) is 16.6. The third-order valence-corrected chi connectivity index (χ3v) is 3.67. The lowest BCUT2D eigenvalue weighted by atomic mass is 10.2. The van der Waals surface area contributed by atoms with E-state index in [0.717, 1.165) is 29.4 Å².